The van der Waals surface area contributed by atoms with Gasteiger partial charge in [0, 0.05) is 19.6 Å². The van der Waals surface area contributed by atoms with Crippen LogP contribution in [0.4, 0.5) is 0 Å². The summed E-state index contributed by atoms with van der Waals surface area (Å²) in [6.07, 6.45) is -24.0. The first kappa shape index (κ1) is 40.5. The van der Waals surface area contributed by atoms with Crippen LogP contribution in [-0.2, 0) is 39.7 Å². The number of hydrogen-bond donors (Lipinski definition) is 10. The predicted octanol–water partition coefficient (Wildman–Crippen LogP) is -5.25. The van der Waals surface area contributed by atoms with Crippen LogP contribution in [0, 0.1) is 0 Å². The van der Waals surface area contributed by atoms with Crippen molar-refractivity contribution in [1.82, 2.24) is 4.90 Å². The molecule has 292 valence electrons. The number of hydrogen-bond acceptors (Lipinski definition) is 19. The molecular formula is C32H51NO18. The van der Waals surface area contributed by atoms with E-state index in [2.05, 4.69) is 0 Å². The lowest BCUT2D eigenvalue weighted by Gasteiger charge is -2.47. The quantitative estimate of drug-likeness (QED) is 0.0905. The van der Waals surface area contributed by atoms with Gasteiger partial charge >= 0.3 is 0 Å². The van der Waals surface area contributed by atoms with Gasteiger partial charge < -0.3 is 89.0 Å². The molecule has 5 rings (SSSR count). The standard InChI is InChI=1S/C32H51NO18/c1-14-22(37)29(51-32-27(42)26(41)23(38)18(11-35)49-32)25(40)20(46-14)13-45-31-28(43)30(24(39)19(12-36)48-31)50-21-9-33(8-17(10-34)47-21)7-15-4-3-5-16(6-15)44-2/h3-6,14,17-32,34-43H,7-13H2,1-2H3. The Morgan fingerprint density at radius 2 is 1.35 bits per heavy atom. The van der Waals surface area contributed by atoms with Gasteiger partial charge in [-0.15, -0.1) is 0 Å². The number of methoxy groups -OCH3 is 1. The van der Waals surface area contributed by atoms with E-state index in [0.29, 0.717) is 18.8 Å². The third-order valence-corrected chi connectivity index (χ3v) is 9.58. The molecular weight excluding hydrogens is 686 g/mol. The van der Waals surface area contributed by atoms with Gasteiger partial charge in [0.25, 0.3) is 0 Å². The third kappa shape index (κ3) is 9.34. The van der Waals surface area contributed by atoms with Crippen molar-refractivity contribution in [3.05, 3.63) is 29.8 Å². The van der Waals surface area contributed by atoms with E-state index in [9.17, 15) is 51.1 Å². The van der Waals surface area contributed by atoms with E-state index in [1.807, 2.05) is 29.2 Å². The Bertz CT molecular complexity index is 1220. The Balaban J connectivity index is 1.23. The smallest absolute Gasteiger partial charge is 0.187 e. The topological polar surface area (TPSA) is 279 Å². The van der Waals surface area contributed by atoms with Crippen molar-refractivity contribution in [3.63, 3.8) is 0 Å². The number of aliphatic hydroxyl groups excluding tert-OH is 10. The zero-order chi connectivity index (χ0) is 37.0. The van der Waals surface area contributed by atoms with Crippen LogP contribution in [-0.4, -0.2) is 207 Å². The molecule has 0 bridgehead atoms. The molecule has 4 aliphatic heterocycles. The Hall–Kier alpha value is -1.70. The number of aliphatic hydroxyl groups is 10. The molecule has 17 unspecified atom stereocenters. The highest BCUT2D eigenvalue weighted by atomic mass is 16.7. The number of benzene rings is 1. The summed E-state index contributed by atoms with van der Waals surface area (Å²) < 4.78 is 45.4. The average Bonchev–Trinajstić information content (AvgIpc) is 3.13. The van der Waals surface area contributed by atoms with Crippen molar-refractivity contribution in [2.45, 2.75) is 118 Å². The third-order valence-electron chi connectivity index (χ3n) is 9.58. The summed E-state index contributed by atoms with van der Waals surface area (Å²) in [5.41, 5.74) is 0.932. The van der Waals surface area contributed by atoms with Crippen LogP contribution >= 0.6 is 0 Å². The first-order chi connectivity index (χ1) is 24.4. The zero-order valence-corrected chi connectivity index (χ0v) is 28.3. The summed E-state index contributed by atoms with van der Waals surface area (Å²) in [7, 11) is 1.56. The van der Waals surface area contributed by atoms with Crippen LogP contribution in [0.25, 0.3) is 0 Å². The molecule has 0 radical (unpaired) electrons. The molecule has 19 nitrogen and oxygen atoms in total. The van der Waals surface area contributed by atoms with E-state index in [1.165, 1.54) is 6.92 Å². The van der Waals surface area contributed by atoms with Crippen molar-refractivity contribution in [2.24, 2.45) is 0 Å². The van der Waals surface area contributed by atoms with Crippen LogP contribution in [0.15, 0.2) is 24.3 Å². The first-order valence-corrected chi connectivity index (χ1v) is 16.9. The van der Waals surface area contributed by atoms with Crippen molar-refractivity contribution in [2.75, 3.05) is 46.6 Å². The van der Waals surface area contributed by atoms with Crippen LogP contribution in [0.1, 0.15) is 12.5 Å². The van der Waals surface area contributed by atoms with Gasteiger partial charge in [-0.2, -0.15) is 0 Å². The maximum atomic E-state index is 11.3. The second-order valence-corrected chi connectivity index (χ2v) is 13.2. The molecule has 0 amide bonds. The Morgan fingerprint density at radius 1 is 0.686 bits per heavy atom. The number of morpholine rings is 1. The normalized spacial score (nSPS) is 44.0. The number of ether oxygens (including phenoxy) is 8. The SMILES string of the molecule is COc1cccc(CN2CC(CO)OC(OC3C(O)C(CO)OC(OCC4OC(C)C(O)C(OC5OC(CO)C(O)C(O)C5O)C4O)C3O)C2)c1. The van der Waals surface area contributed by atoms with Gasteiger partial charge in [-0.3, -0.25) is 4.90 Å². The van der Waals surface area contributed by atoms with E-state index in [0.717, 1.165) is 5.56 Å². The zero-order valence-electron chi connectivity index (χ0n) is 28.3. The highest BCUT2D eigenvalue weighted by molar-refractivity contribution is 5.28. The molecule has 0 spiro atoms. The van der Waals surface area contributed by atoms with E-state index in [1.54, 1.807) is 7.11 Å². The van der Waals surface area contributed by atoms with Gasteiger partial charge in [-0.1, -0.05) is 12.1 Å². The molecule has 17 atom stereocenters. The molecule has 19 heteroatoms. The lowest BCUT2D eigenvalue weighted by atomic mass is 9.94. The second-order valence-electron chi connectivity index (χ2n) is 13.2. The van der Waals surface area contributed by atoms with E-state index in [-0.39, 0.29) is 13.2 Å². The Labute approximate surface area is 294 Å². The molecule has 4 aliphatic rings. The van der Waals surface area contributed by atoms with Crippen molar-refractivity contribution < 1.29 is 89.0 Å². The second kappa shape index (κ2) is 18.1. The lowest BCUT2D eigenvalue weighted by molar-refractivity contribution is -0.352. The fourth-order valence-corrected chi connectivity index (χ4v) is 6.68. The molecule has 0 aliphatic carbocycles. The Morgan fingerprint density at radius 3 is 2.04 bits per heavy atom. The minimum Gasteiger partial charge on any atom is -0.497 e. The molecule has 51 heavy (non-hydrogen) atoms. The van der Waals surface area contributed by atoms with Gasteiger partial charge in [0.1, 0.15) is 79.0 Å². The van der Waals surface area contributed by atoms with Crippen LogP contribution in [0.2, 0.25) is 0 Å². The van der Waals surface area contributed by atoms with Crippen LogP contribution < -0.4 is 4.74 Å². The number of nitrogens with zero attached hydrogens (tertiary/aromatic N) is 1. The van der Waals surface area contributed by atoms with Gasteiger partial charge in [0.05, 0.1) is 45.7 Å². The van der Waals surface area contributed by atoms with Crippen molar-refractivity contribution >= 4 is 0 Å². The van der Waals surface area contributed by atoms with E-state index in [4.69, 9.17) is 37.9 Å². The summed E-state index contributed by atoms with van der Waals surface area (Å²) in [6, 6.07) is 7.46. The first-order valence-electron chi connectivity index (χ1n) is 16.9. The number of rotatable bonds is 13. The molecule has 4 fully saturated rings. The summed E-state index contributed by atoms with van der Waals surface area (Å²) in [5.74, 6) is 0.676. The summed E-state index contributed by atoms with van der Waals surface area (Å²) in [6.45, 7) is 0.299. The minimum absolute atomic E-state index is 0.192. The van der Waals surface area contributed by atoms with Gasteiger partial charge in [0.2, 0.25) is 0 Å². The summed E-state index contributed by atoms with van der Waals surface area (Å²) in [4.78, 5) is 1.97. The summed E-state index contributed by atoms with van der Waals surface area (Å²) in [5, 5.41) is 104. The molecule has 4 saturated heterocycles. The fourth-order valence-electron chi connectivity index (χ4n) is 6.68. The molecule has 10 N–H and O–H groups in total. The Kier molecular flexibility index (Phi) is 14.4. The summed E-state index contributed by atoms with van der Waals surface area (Å²) >= 11 is 0. The largest absolute Gasteiger partial charge is 0.497 e. The lowest BCUT2D eigenvalue weighted by Crippen LogP contribution is -2.65. The molecule has 1 aromatic rings. The fraction of sp³-hybridized carbons (Fsp3) is 0.812. The minimum atomic E-state index is -1.80. The predicted molar refractivity (Wildman–Crippen MR) is 168 cm³/mol. The van der Waals surface area contributed by atoms with Crippen molar-refractivity contribution in [3.8, 4) is 5.75 Å². The highest BCUT2D eigenvalue weighted by Crippen LogP contribution is 2.31. The van der Waals surface area contributed by atoms with Crippen molar-refractivity contribution in [1.29, 1.82) is 0 Å². The molecule has 1 aromatic carbocycles. The molecule has 0 saturated carbocycles. The van der Waals surface area contributed by atoms with E-state index >= 15 is 0 Å². The molecule has 0 aromatic heterocycles. The van der Waals surface area contributed by atoms with Crippen LogP contribution in [0.5, 0.6) is 5.75 Å². The van der Waals surface area contributed by atoms with Gasteiger partial charge in [-0.05, 0) is 24.6 Å². The van der Waals surface area contributed by atoms with Gasteiger partial charge in [-0.25, -0.2) is 0 Å². The maximum absolute atomic E-state index is 11.3. The average molecular weight is 738 g/mol. The monoisotopic (exact) mass is 737 g/mol. The molecule has 4 heterocycles. The highest BCUT2D eigenvalue weighted by Gasteiger charge is 2.51. The van der Waals surface area contributed by atoms with Gasteiger partial charge in [0.15, 0.2) is 18.9 Å². The van der Waals surface area contributed by atoms with E-state index < -0.39 is 124 Å². The maximum Gasteiger partial charge on any atom is 0.187 e. The van der Waals surface area contributed by atoms with Crippen LogP contribution in [0.3, 0.4) is 0 Å².